The molecule has 0 saturated heterocycles. The first-order valence-corrected chi connectivity index (χ1v) is 12.9. The zero-order valence-corrected chi connectivity index (χ0v) is 19.9. The molecule has 0 amide bonds. The number of nitrogen functional groups attached to an aromatic ring is 1. The van der Waals surface area contributed by atoms with Gasteiger partial charge in [-0.15, -0.1) is 0 Å². The number of anilines is 1. The quantitative estimate of drug-likeness (QED) is 0.334. The first-order valence-electron chi connectivity index (χ1n) is 11.5. The molecule has 0 aliphatic heterocycles. The fraction of sp³-hybridized carbons (Fsp3) is 0.375. The second kappa shape index (κ2) is 9.28. The van der Waals surface area contributed by atoms with E-state index in [0.717, 1.165) is 34.4 Å². The molecule has 0 unspecified atom stereocenters. The summed E-state index contributed by atoms with van der Waals surface area (Å²) >= 11 is 0. The Bertz CT molecular complexity index is 1440. The van der Waals surface area contributed by atoms with Crippen LogP contribution in [0.5, 0.6) is 0 Å². The molecule has 3 N–H and O–H groups in total. The van der Waals surface area contributed by atoms with Crippen LogP contribution in [0.3, 0.4) is 0 Å². The number of fused-ring (bicyclic) bond motifs is 2. The molecule has 0 radical (unpaired) electrons. The minimum absolute atomic E-state index is 0.168. The first kappa shape index (κ1) is 22.7. The van der Waals surface area contributed by atoms with Crippen molar-refractivity contribution >= 4 is 37.8 Å². The molecule has 1 aliphatic carbocycles. The molecule has 3 aromatic heterocycles. The second-order valence-corrected chi connectivity index (χ2v) is 10.4. The van der Waals surface area contributed by atoms with Crippen molar-refractivity contribution in [1.29, 1.82) is 0 Å². The summed E-state index contributed by atoms with van der Waals surface area (Å²) in [7, 11) is -3.70. The summed E-state index contributed by atoms with van der Waals surface area (Å²) in [5, 5.41) is 0.780. The van der Waals surface area contributed by atoms with Crippen molar-refractivity contribution in [2.24, 2.45) is 5.92 Å². The van der Waals surface area contributed by atoms with Crippen molar-refractivity contribution in [3.05, 3.63) is 54.1 Å². The molecule has 5 rings (SSSR count). The summed E-state index contributed by atoms with van der Waals surface area (Å²) in [6.45, 7) is 3.39. The van der Waals surface area contributed by atoms with Crippen LogP contribution in [0.4, 0.5) is 5.82 Å². The highest BCUT2D eigenvalue weighted by molar-refractivity contribution is 7.89. The highest BCUT2D eigenvalue weighted by Crippen LogP contribution is 2.33. The molecule has 10 heteroatoms. The Morgan fingerprint density at radius 1 is 1.15 bits per heavy atom. The highest BCUT2D eigenvalue weighted by Gasteiger charge is 2.25. The van der Waals surface area contributed by atoms with Crippen LogP contribution >= 0.6 is 0 Å². The number of nitrogens with zero attached hydrogens (tertiary/aromatic N) is 4. The summed E-state index contributed by atoms with van der Waals surface area (Å²) in [6.07, 6.45) is 4.98. The lowest BCUT2D eigenvalue weighted by atomic mass is 10.2. The Kier molecular flexibility index (Phi) is 6.20. The number of sulfonamides is 1. The maximum absolute atomic E-state index is 12.8. The van der Waals surface area contributed by atoms with Crippen molar-refractivity contribution in [3.63, 3.8) is 0 Å². The third-order valence-electron chi connectivity index (χ3n) is 6.02. The Morgan fingerprint density at radius 3 is 2.79 bits per heavy atom. The van der Waals surface area contributed by atoms with Crippen LogP contribution in [0.2, 0.25) is 0 Å². The van der Waals surface area contributed by atoms with E-state index in [9.17, 15) is 8.42 Å². The SMILES string of the molecule is Cc1cc2c(nc(CC3CC3)n2CCOCCNS(=O)(=O)c2cccc3cccnc23)c(N)n1. The van der Waals surface area contributed by atoms with Crippen LogP contribution in [0.15, 0.2) is 47.5 Å². The van der Waals surface area contributed by atoms with E-state index in [0.29, 0.717) is 30.4 Å². The largest absolute Gasteiger partial charge is 0.382 e. The molecule has 1 fully saturated rings. The van der Waals surface area contributed by atoms with Gasteiger partial charge >= 0.3 is 0 Å². The van der Waals surface area contributed by atoms with Crippen LogP contribution in [0.25, 0.3) is 21.9 Å². The number of rotatable bonds is 10. The summed E-state index contributed by atoms with van der Waals surface area (Å²) in [5.74, 6) is 2.14. The molecule has 0 bridgehead atoms. The van der Waals surface area contributed by atoms with E-state index in [1.165, 1.54) is 12.8 Å². The summed E-state index contributed by atoms with van der Waals surface area (Å²) < 4.78 is 36.1. The lowest BCUT2D eigenvalue weighted by Crippen LogP contribution is -2.28. The minimum atomic E-state index is -3.70. The van der Waals surface area contributed by atoms with Crippen molar-refractivity contribution in [1.82, 2.24) is 24.2 Å². The zero-order chi connectivity index (χ0) is 23.7. The summed E-state index contributed by atoms with van der Waals surface area (Å²) in [5.41, 5.74) is 9.12. The second-order valence-electron chi connectivity index (χ2n) is 8.69. The smallest absolute Gasteiger partial charge is 0.242 e. The molecule has 1 saturated carbocycles. The summed E-state index contributed by atoms with van der Waals surface area (Å²) in [4.78, 5) is 13.5. The maximum atomic E-state index is 12.8. The maximum Gasteiger partial charge on any atom is 0.242 e. The molecule has 0 spiro atoms. The van der Waals surface area contributed by atoms with E-state index >= 15 is 0 Å². The summed E-state index contributed by atoms with van der Waals surface area (Å²) in [6, 6.07) is 10.7. The van der Waals surface area contributed by atoms with E-state index in [4.69, 9.17) is 15.5 Å². The van der Waals surface area contributed by atoms with Gasteiger partial charge in [0, 0.05) is 36.8 Å². The average molecular weight is 481 g/mol. The van der Waals surface area contributed by atoms with E-state index < -0.39 is 10.0 Å². The predicted molar refractivity (Wildman–Crippen MR) is 131 cm³/mol. The lowest BCUT2D eigenvalue weighted by Gasteiger charge is -2.11. The fourth-order valence-electron chi connectivity index (χ4n) is 4.18. The lowest BCUT2D eigenvalue weighted by molar-refractivity contribution is 0.131. The number of benzene rings is 1. The molecule has 178 valence electrons. The van der Waals surface area contributed by atoms with Crippen LogP contribution in [0.1, 0.15) is 24.4 Å². The van der Waals surface area contributed by atoms with Gasteiger partial charge in [-0.3, -0.25) is 4.98 Å². The minimum Gasteiger partial charge on any atom is -0.382 e. The van der Waals surface area contributed by atoms with Crippen molar-refractivity contribution in [2.45, 2.75) is 37.6 Å². The molecule has 1 aliphatic rings. The topological polar surface area (TPSA) is 125 Å². The molecule has 34 heavy (non-hydrogen) atoms. The number of ether oxygens (including phenoxy) is 1. The number of nitrogens with two attached hydrogens (primary N) is 1. The van der Waals surface area contributed by atoms with E-state index in [1.807, 2.05) is 25.1 Å². The average Bonchev–Trinajstić information content (AvgIpc) is 3.57. The van der Waals surface area contributed by atoms with E-state index in [-0.39, 0.29) is 18.0 Å². The normalized spacial score (nSPS) is 14.3. The van der Waals surface area contributed by atoms with Gasteiger partial charge in [0.1, 0.15) is 16.2 Å². The number of pyridine rings is 2. The molecular formula is C24H28N6O3S. The van der Waals surface area contributed by atoms with Crippen molar-refractivity contribution < 1.29 is 13.2 Å². The van der Waals surface area contributed by atoms with E-state index in [2.05, 4.69) is 19.3 Å². The van der Waals surface area contributed by atoms with E-state index in [1.54, 1.807) is 24.4 Å². The Balaban J connectivity index is 1.20. The molecule has 9 nitrogen and oxygen atoms in total. The van der Waals surface area contributed by atoms with Crippen LogP contribution in [-0.2, 0) is 27.7 Å². The van der Waals surface area contributed by atoms with Gasteiger partial charge in [0.15, 0.2) is 5.82 Å². The van der Waals surface area contributed by atoms with Gasteiger partial charge in [-0.25, -0.2) is 23.1 Å². The van der Waals surface area contributed by atoms with Crippen LogP contribution < -0.4 is 10.5 Å². The van der Waals surface area contributed by atoms with Gasteiger partial charge < -0.3 is 15.0 Å². The standard InChI is InChI=1S/C24H28N6O3S/c1-16-14-19-23(24(25)28-16)29-21(15-17-7-8-17)30(19)11-13-33-12-10-27-34(31,32)20-6-2-4-18-5-3-9-26-22(18)20/h2-6,9,14,17,27H,7-8,10-13,15H2,1H3,(H2,25,28). The number of imidazole rings is 1. The van der Waals surface area contributed by atoms with Gasteiger partial charge in [-0.05, 0) is 43.9 Å². The van der Waals surface area contributed by atoms with Gasteiger partial charge in [0.05, 0.1) is 24.2 Å². The monoisotopic (exact) mass is 480 g/mol. The number of hydrogen-bond acceptors (Lipinski definition) is 7. The molecular weight excluding hydrogens is 452 g/mol. The van der Waals surface area contributed by atoms with Crippen LogP contribution in [-0.4, -0.2) is 47.7 Å². The fourth-order valence-corrected chi connectivity index (χ4v) is 5.37. The number of aryl methyl sites for hydroxylation is 1. The first-order chi connectivity index (χ1) is 16.4. The number of hydrogen-bond donors (Lipinski definition) is 2. The molecule has 3 heterocycles. The Labute approximate surface area is 198 Å². The number of para-hydroxylation sites is 1. The Hall–Kier alpha value is -3.08. The third-order valence-corrected chi connectivity index (χ3v) is 7.51. The Morgan fingerprint density at radius 2 is 1.97 bits per heavy atom. The van der Waals surface area contributed by atoms with Gasteiger partial charge in [-0.2, -0.15) is 0 Å². The van der Waals surface area contributed by atoms with Crippen LogP contribution in [0, 0.1) is 12.8 Å². The highest BCUT2D eigenvalue weighted by atomic mass is 32.2. The van der Waals surface area contributed by atoms with Gasteiger partial charge in [-0.1, -0.05) is 18.2 Å². The number of nitrogens with one attached hydrogen (secondary N) is 1. The zero-order valence-electron chi connectivity index (χ0n) is 19.1. The van der Waals surface area contributed by atoms with Gasteiger partial charge in [0.2, 0.25) is 10.0 Å². The third kappa shape index (κ3) is 4.75. The predicted octanol–water partition coefficient (Wildman–Crippen LogP) is 2.82. The van der Waals surface area contributed by atoms with Gasteiger partial charge in [0.25, 0.3) is 0 Å². The van der Waals surface area contributed by atoms with Crippen molar-refractivity contribution in [2.75, 3.05) is 25.5 Å². The molecule has 4 aromatic rings. The number of aromatic nitrogens is 4. The molecule has 1 aromatic carbocycles. The molecule has 0 atom stereocenters. The van der Waals surface area contributed by atoms with Crippen molar-refractivity contribution in [3.8, 4) is 0 Å².